The third kappa shape index (κ3) is 4.51. The van der Waals surface area contributed by atoms with Gasteiger partial charge in [0.25, 0.3) is 0 Å². The molecule has 8 aliphatic carbocycles. The highest BCUT2D eigenvalue weighted by molar-refractivity contribution is 5.93. The van der Waals surface area contributed by atoms with Crippen LogP contribution in [0.3, 0.4) is 0 Å². The lowest BCUT2D eigenvalue weighted by Crippen LogP contribution is -2.67. The van der Waals surface area contributed by atoms with Crippen LogP contribution in [0, 0.1) is 57.2 Å². The molecule has 6 fully saturated rings. The van der Waals surface area contributed by atoms with E-state index in [2.05, 4.69) is 13.8 Å². The minimum Gasteiger partial charge on any atom is -0.393 e. The van der Waals surface area contributed by atoms with E-state index in [0.717, 1.165) is 24.0 Å². The second kappa shape index (κ2) is 12.0. The van der Waals surface area contributed by atoms with Crippen molar-refractivity contribution in [3.63, 3.8) is 0 Å². The van der Waals surface area contributed by atoms with Gasteiger partial charge in [0, 0.05) is 29.1 Å². The van der Waals surface area contributed by atoms with Crippen molar-refractivity contribution in [2.45, 2.75) is 141 Å². The Morgan fingerprint density at radius 3 is 2.00 bits per heavy atom. The van der Waals surface area contributed by atoms with Crippen molar-refractivity contribution < 1.29 is 49.4 Å². The number of carbonyl (C=O) groups is 4. The summed E-state index contributed by atoms with van der Waals surface area (Å²) in [6.07, 6.45) is 7.30. The lowest BCUT2D eigenvalue weighted by Gasteiger charge is -2.64. The van der Waals surface area contributed by atoms with E-state index in [9.17, 15) is 44.7 Å². The SMILES string of the molecule is C[C@]12CCC(=O)C=C1CC[C@@H]1[C@@H]2[C@@H](O)C[C@@]2(C)[C@H]1CC[C@]2(OC1CC(=O)C=C2CC[C@@H]3[C@H]([C@@H](O)C[C@@]4(C)[C@H]3CC[C@]4(O)C(=O)CO)[C@]21C)C(=O)CO. The molecule has 286 valence electrons. The highest BCUT2D eigenvalue weighted by atomic mass is 16.5. The lowest BCUT2D eigenvalue weighted by molar-refractivity contribution is -0.239. The predicted molar refractivity (Wildman–Crippen MR) is 188 cm³/mol. The fourth-order valence-corrected chi connectivity index (χ4v) is 15.2. The number of carbonyl (C=O) groups excluding carboxylic acids is 4. The summed E-state index contributed by atoms with van der Waals surface area (Å²) in [6.45, 7) is 6.66. The zero-order chi connectivity index (χ0) is 37.4. The van der Waals surface area contributed by atoms with Crippen molar-refractivity contribution in [3.05, 3.63) is 23.3 Å². The minimum atomic E-state index is -1.74. The van der Waals surface area contributed by atoms with Crippen LogP contribution in [0.15, 0.2) is 23.3 Å². The molecule has 8 aliphatic rings. The van der Waals surface area contributed by atoms with Crippen molar-refractivity contribution in [3.8, 4) is 0 Å². The fraction of sp³-hybridized carbons (Fsp3) is 0.810. The van der Waals surface area contributed by atoms with E-state index in [1.54, 1.807) is 12.2 Å². The highest BCUT2D eigenvalue weighted by Gasteiger charge is 2.73. The Kier molecular flexibility index (Phi) is 8.48. The topological polar surface area (TPSA) is 179 Å². The number of aliphatic hydroxyl groups is 5. The van der Waals surface area contributed by atoms with E-state index in [1.165, 1.54) is 0 Å². The first-order valence-electron chi connectivity index (χ1n) is 20.0. The van der Waals surface area contributed by atoms with Gasteiger partial charge in [-0.3, -0.25) is 19.2 Å². The Hall–Kier alpha value is -2.08. The predicted octanol–water partition coefficient (Wildman–Crippen LogP) is 3.58. The van der Waals surface area contributed by atoms with E-state index < -0.39 is 70.5 Å². The van der Waals surface area contributed by atoms with Crippen molar-refractivity contribution in [2.75, 3.05) is 13.2 Å². The third-order valence-corrected chi connectivity index (χ3v) is 17.7. The Morgan fingerprint density at radius 2 is 1.31 bits per heavy atom. The van der Waals surface area contributed by atoms with Crippen LogP contribution in [-0.4, -0.2) is 91.4 Å². The van der Waals surface area contributed by atoms with Crippen molar-refractivity contribution in [1.29, 1.82) is 0 Å². The molecule has 0 bridgehead atoms. The van der Waals surface area contributed by atoms with Crippen molar-refractivity contribution >= 4 is 23.1 Å². The number of aliphatic hydroxyl groups excluding tert-OH is 4. The molecule has 0 aliphatic heterocycles. The Labute approximate surface area is 306 Å². The Balaban J connectivity index is 1.17. The molecule has 8 rings (SSSR count). The van der Waals surface area contributed by atoms with Gasteiger partial charge in [0.15, 0.2) is 23.1 Å². The molecule has 0 saturated heterocycles. The first-order chi connectivity index (χ1) is 24.4. The standard InChI is InChI=1S/C42H58O10/c1-37-12-9-24(45)15-22(37)5-7-26-29-11-14-42(33(50)21-44,39(29,3)19-30(47)35(26)37)52-34-17-25(46)16-23-6-8-27-28-10-13-41(51,32(49)20-43)38(28,2)18-31(48)36(27)40(23,34)4/h15-16,26-31,34-36,43-44,47-48,51H,5-14,17-21H2,1-4H3/t26-,27-,28-,29-,30-,31-,34?,35+,36+,37-,38-,39-,40+,41-,42-/m0/s1. The smallest absolute Gasteiger partial charge is 0.190 e. The van der Waals surface area contributed by atoms with Crippen LogP contribution in [-0.2, 0) is 23.9 Å². The van der Waals surface area contributed by atoms with Crippen LogP contribution in [0.5, 0.6) is 0 Å². The van der Waals surface area contributed by atoms with Gasteiger partial charge in [-0.25, -0.2) is 0 Å². The summed E-state index contributed by atoms with van der Waals surface area (Å²) in [5, 5.41) is 56.5. The molecular formula is C42H58O10. The molecule has 0 spiro atoms. The minimum absolute atomic E-state index is 0.0148. The monoisotopic (exact) mass is 722 g/mol. The molecule has 0 aromatic rings. The average Bonchev–Trinajstić information content (AvgIpc) is 3.54. The quantitative estimate of drug-likeness (QED) is 0.272. The zero-order valence-corrected chi connectivity index (χ0v) is 31.2. The fourth-order valence-electron chi connectivity index (χ4n) is 15.2. The van der Waals surface area contributed by atoms with E-state index in [4.69, 9.17) is 4.74 Å². The summed E-state index contributed by atoms with van der Waals surface area (Å²) in [6, 6.07) is 0. The van der Waals surface area contributed by atoms with Crippen LogP contribution in [0.1, 0.15) is 111 Å². The molecule has 10 nitrogen and oxygen atoms in total. The molecule has 0 aromatic heterocycles. The highest BCUT2D eigenvalue weighted by Crippen LogP contribution is 2.71. The van der Waals surface area contributed by atoms with Crippen LogP contribution in [0.4, 0.5) is 0 Å². The summed E-state index contributed by atoms with van der Waals surface area (Å²) < 4.78 is 7.33. The number of ether oxygens (including phenoxy) is 1. The summed E-state index contributed by atoms with van der Waals surface area (Å²) >= 11 is 0. The van der Waals surface area contributed by atoms with Gasteiger partial charge in [0.2, 0.25) is 0 Å². The van der Waals surface area contributed by atoms with E-state index in [0.29, 0.717) is 51.4 Å². The molecule has 0 amide bonds. The normalized spacial score (nSPS) is 52.3. The first kappa shape index (κ1) is 36.9. The number of fused-ring (bicyclic) bond motifs is 10. The van der Waals surface area contributed by atoms with Crippen molar-refractivity contribution in [1.82, 2.24) is 0 Å². The summed E-state index contributed by atoms with van der Waals surface area (Å²) in [5.41, 5.74) is -4.10. The number of rotatable bonds is 6. The molecule has 10 heteroatoms. The van der Waals surface area contributed by atoms with Gasteiger partial charge in [-0.1, -0.05) is 38.8 Å². The number of allylic oxidation sites excluding steroid dienone is 1. The van der Waals surface area contributed by atoms with Gasteiger partial charge in [-0.05, 0) is 124 Å². The van der Waals surface area contributed by atoms with Crippen LogP contribution in [0.25, 0.3) is 0 Å². The van der Waals surface area contributed by atoms with Gasteiger partial charge in [0.1, 0.15) is 24.4 Å². The zero-order valence-electron chi connectivity index (χ0n) is 31.2. The second-order valence-corrected chi connectivity index (χ2v) is 19.3. The van der Waals surface area contributed by atoms with E-state index >= 15 is 0 Å². The second-order valence-electron chi connectivity index (χ2n) is 19.3. The molecule has 0 heterocycles. The maximum atomic E-state index is 14.4. The molecule has 0 radical (unpaired) electrons. The summed E-state index contributed by atoms with van der Waals surface area (Å²) in [5.74, 6) is -1.53. The molecule has 15 atom stereocenters. The third-order valence-electron chi connectivity index (χ3n) is 17.7. The summed E-state index contributed by atoms with van der Waals surface area (Å²) in [7, 11) is 0. The average molecular weight is 723 g/mol. The van der Waals surface area contributed by atoms with Crippen LogP contribution in [0.2, 0.25) is 0 Å². The number of hydrogen-bond donors (Lipinski definition) is 5. The number of Topliss-reactive ketones (excluding diaryl/α,β-unsaturated/α-hetero) is 2. The summed E-state index contributed by atoms with van der Waals surface area (Å²) in [4.78, 5) is 53.3. The Bertz CT molecular complexity index is 1650. The van der Waals surface area contributed by atoms with E-state index in [-0.39, 0.29) is 71.8 Å². The first-order valence-corrected chi connectivity index (χ1v) is 20.0. The molecule has 5 N–H and O–H groups in total. The van der Waals surface area contributed by atoms with Gasteiger partial charge in [-0.15, -0.1) is 0 Å². The van der Waals surface area contributed by atoms with Gasteiger partial charge < -0.3 is 30.3 Å². The maximum absolute atomic E-state index is 14.4. The molecular weight excluding hydrogens is 664 g/mol. The maximum Gasteiger partial charge on any atom is 0.190 e. The van der Waals surface area contributed by atoms with E-state index in [1.807, 2.05) is 13.8 Å². The Morgan fingerprint density at radius 1 is 0.731 bits per heavy atom. The number of hydrogen-bond acceptors (Lipinski definition) is 10. The van der Waals surface area contributed by atoms with Gasteiger partial charge in [-0.2, -0.15) is 0 Å². The molecule has 52 heavy (non-hydrogen) atoms. The van der Waals surface area contributed by atoms with Gasteiger partial charge >= 0.3 is 0 Å². The van der Waals surface area contributed by atoms with Gasteiger partial charge in [0.05, 0.1) is 18.3 Å². The molecule has 1 unspecified atom stereocenters. The molecule has 0 aromatic carbocycles. The molecule has 6 saturated carbocycles. The van der Waals surface area contributed by atoms with Crippen LogP contribution >= 0.6 is 0 Å². The van der Waals surface area contributed by atoms with Crippen LogP contribution < -0.4 is 0 Å². The largest absolute Gasteiger partial charge is 0.393 e. The number of ketones is 4. The van der Waals surface area contributed by atoms with Crippen molar-refractivity contribution in [2.24, 2.45) is 57.2 Å². The lowest BCUT2D eigenvalue weighted by atomic mass is 9.44.